The number of amides is 1. The summed E-state index contributed by atoms with van der Waals surface area (Å²) in [5, 5.41) is 18.0. The molecule has 9 heteroatoms. The highest BCUT2D eigenvalue weighted by molar-refractivity contribution is 6.03. The molecule has 0 aliphatic carbocycles. The maximum Gasteiger partial charge on any atom is 0.290 e. The summed E-state index contributed by atoms with van der Waals surface area (Å²) in [5.74, 6) is 0.763. The van der Waals surface area contributed by atoms with Crippen molar-refractivity contribution in [1.29, 1.82) is 0 Å². The number of ether oxygens (including phenoxy) is 1. The van der Waals surface area contributed by atoms with E-state index in [1.54, 1.807) is 25.6 Å². The molecular formula is C18H23N7O2. The van der Waals surface area contributed by atoms with Crippen molar-refractivity contribution in [1.82, 2.24) is 35.3 Å². The average molecular weight is 369 g/mol. The maximum absolute atomic E-state index is 13.4. The number of tetrazole rings is 1. The molecule has 1 aromatic carbocycles. The molecule has 3 rings (SSSR count). The van der Waals surface area contributed by atoms with Gasteiger partial charge in [-0.1, -0.05) is 17.2 Å². The largest absolute Gasteiger partial charge is 0.496 e. The van der Waals surface area contributed by atoms with E-state index >= 15 is 0 Å². The van der Waals surface area contributed by atoms with Crippen LogP contribution in [-0.4, -0.2) is 60.4 Å². The lowest BCUT2D eigenvalue weighted by atomic mass is 9.99. The SMILES string of the molecule is COc1cccc(-c2cnn(-c3nn[nH]n3)c2)c1C(=O)N(C(C)C)C(C)C. The van der Waals surface area contributed by atoms with Crippen LogP contribution >= 0.6 is 0 Å². The molecule has 0 aliphatic heterocycles. The van der Waals surface area contributed by atoms with Crippen LogP contribution in [0.15, 0.2) is 30.6 Å². The van der Waals surface area contributed by atoms with Gasteiger partial charge in [0.05, 0.1) is 18.9 Å². The lowest BCUT2D eigenvalue weighted by molar-refractivity contribution is 0.0641. The highest BCUT2D eigenvalue weighted by atomic mass is 16.5. The monoisotopic (exact) mass is 369 g/mol. The van der Waals surface area contributed by atoms with Crippen LogP contribution in [0.4, 0.5) is 0 Å². The van der Waals surface area contributed by atoms with E-state index in [-0.39, 0.29) is 18.0 Å². The lowest BCUT2D eigenvalue weighted by Crippen LogP contribution is -2.42. The van der Waals surface area contributed by atoms with Crippen LogP contribution in [0.1, 0.15) is 38.1 Å². The Kier molecular flexibility index (Phi) is 5.20. The number of methoxy groups -OCH3 is 1. The molecule has 0 atom stereocenters. The molecule has 0 saturated carbocycles. The number of benzene rings is 1. The Morgan fingerprint density at radius 2 is 1.96 bits per heavy atom. The summed E-state index contributed by atoms with van der Waals surface area (Å²) < 4.78 is 7.00. The van der Waals surface area contributed by atoms with E-state index in [1.807, 2.05) is 44.7 Å². The number of H-pyrrole nitrogens is 1. The maximum atomic E-state index is 13.4. The lowest BCUT2D eigenvalue weighted by Gasteiger charge is -2.32. The zero-order valence-corrected chi connectivity index (χ0v) is 16.0. The fourth-order valence-corrected chi connectivity index (χ4v) is 3.18. The van der Waals surface area contributed by atoms with Crippen molar-refractivity contribution in [2.24, 2.45) is 0 Å². The second-order valence-electron chi connectivity index (χ2n) is 6.67. The fraction of sp³-hybridized carbons (Fsp3) is 0.389. The van der Waals surface area contributed by atoms with E-state index in [0.717, 1.165) is 11.1 Å². The first kappa shape index (κ1) is 18.6. The van der Waals surface area contributed by atoms with Crippen LogP contribution in [-0.2, 0) is 0 Å². The minimum atomic E-state index is -0.0836. The summed E-state index contributed by atoms with van der Waals surface area (Å²) in [4.78, 5) is 15.3. The van der Waals surface area contributed by atoms with Crippen LogP contribution in [0.25, 0.3) is 17.1 Å². The molecule has 0 fully saturated rings. The molecule has 2 heterocycles. The molecule has 0 bridgehead atoms. The van der Waals surface area contributed by atoms with Crippen molar-refractivity contribution in [2.75, 3.05) is 7.11 Å². The Balaban J connectivity index is 2.11. The van der Waals surface area contributed by atoms with Gasteiger partial charge in [0.1, 0.15) is 5.75 Å². The van der Waals surface area contributed by atoms with Gasteiger partial charge in [0.2, 0.25) is 0 Å². The fourth-order valence-electron chi connectivity index (χ4n) is 3.18. The van der Waals surface area contributed by atoms with Crippen molar-refractivity contribution in [3.8, 4) is 22.8 Å². The van der Waals surface area contributed by atoms with Crippen molar-refractivity contribution in [3.05, 3.63) is 36.2 Å². The highest BCUT2D eigenvalue weighted by Gasteiger charge is 2.27. The van der Waals surface area contributed by atoms with Gasteiger partial charge in [0, 0.05) is 29.4 Å². The Hall–Kier alpha value is -3.23. The van der Waals surface area contributed by atoms with Gasteiger partial charge < -0.3 is 9.64 Å². The molecule has 0 spiro atoms. The summed E-state index contributed by atoms with van der Waals surface area (Å²) in [6.07, 6.45) is 3.42. The Bertz CT molecular complexity index is 908. The molecule has 0 unspecified atom stereocenters. The minimum Gasteiger partial charge on any atom is -0.496 e. The number of carbonyl (C=O) groups excluding carboxylic acids is 1. The normalized spacial score (nSPS) is 11.2. The molecule has 0 radical (unpaired) electrons. The third-order valence-electron chi connectivity index (χ3n) is 4.24. The first-order valence-corrected chi connectivity index (χ1v) is 8.72. The third-order valence-corrected chi connectivity index (χ3v) is 4.24. The van der Waals surface area contributed by atoms with Gasteiger partial charge in [0.25, 0.3) is 11.9 Å². The number of carbonyl (C=O) groups is 1. The van der Waals surface area contributed by atoms with Gasteiger partial charge in [-0.3, -0.25) is 4.79 Å². The predicted octanol–water partition coefficient (Wildman–Crippen LogP) is 2.32. The number of nitrogens with one attached hydrogen (secondary N) is 1. The minimum absolute atomic E-state index is 0.0531. The van der Waals surface area contributed by atoms with Crippen LogP contribution in [0.5, 0.6) is 5.75 Å². The van der Waals surface area contributed by atoms with E-state index in [2.05, 4.69) is 25.7 Å². The predicted molar refractivity (Wildman–Crippen MR) is 99.7 cm³/mol. The van der Waals surface area contributed by atoms with Gasteiger partial charge in [-0.25, -0.2) is 4.68 Å². The number of hydrogen-bond donors (Lipinski definition) is 1. The smallest absolute Gasteiger partial charge is 0.290 e. The van der Waals surface area contributed by atoms with E-state index in [1.165, 1.54) is 4.68 Å². The summed E-state index contributed by atoms with van der Waals surface area (Å²) in [5.41, 5.74) is 2.00. The van der Waals surface area contributed by atoms with Crippen molar-refractivity contribution in [3.63, 3.8) is 0 Å². The molecule has 0 saturated heterocycles. The molecular weight excluding hydrogens is 346 g/mol. The zero-order chi connectivity index (χ0) is 19.6. The van der Waals surface area contributed by atoms with E-state index in [9.17, 15) is 4.79 Å². The molecule has 9 nitrogen and oxygen atoms in total. The molecule has 3 aromatic rings. The molecule has 27 heavy (non-hydrogen) atoms. The standard InChI is InChI=1S/C18H23N7O2/c1-11(2)25(12(3)4)17(26)16-14(7-6-8-15(16)27-5)13-9-19-24(10-13)18-20-22-23-21-18/h6-12H,1-5H3,(H,20,21,22,23). The second kappa shape index (κ2) is 7.56. The molecule has 0 aliphatic rings. The van der Waals surface area contributed by atoms with Crippen LogP contribution in [0.3, 0.4) is 0 Å². The number of nitrogens with zero attached hydrogens (tertiary/aromatic N) is 6. The molecule has 1 N–H and O–H groups in total. The topological polar surface area (TPSA) is 102 Å². The van der Waals surface area contributed by atoms with Gasteiger partial charge in [-0.2, -0.15) is 10.3 Å². The third kappa shape index (κ3) is 3.53. The van der Waals surface area contributed by atoms with Gasteiger partial charge in [-0.15, -0.1) is 5.10 Å². The van der Waals surface area contributed by atoms with Crippen molar-refractivity contribution < 1.29 is 9.53 Å². The first-order valence-electron chi connectivity index (χ1n) is 8.72. The Morgan fingerprint density at radius 3 is 2.56 bits per heavy atom. The first-order chi connectivity index (χ1) is 12.9. The summed E-state index contributed by atoms with van der Waals surface area (Å²) in [7, 11) is 1.56. The van der Waals surface area contributed by atoms with E-state index < -0.39 is 0 Å². The van der Waals surface area contributed by atoms with Crippen LogP contribution in [0.2, 0.25) is 0 Å². The summed E-state index contributed by atoms with van der Waals surface area (Å²) in [6.45, 7) is 8.01. The van der Waals surface area contributed by atoms with Crippen molar-refractivity contribution >= 4 is 5.91 Å². The Morgan fingerprint density at radius 1 is 1.22 bits per heavy atom. The number of rotatable bonds is 6. The van der Waals surface area contributed by atoms with Crippen LogP contribution < -0.4 is 4.74 Å². The second-order valence-corrected chi connectivity index (χ2v) is 6.67. The quantitative estimate of drug-likeness (QED) is 0.715. The van der Waals surface area contributed by atoms with Gasteiger partial charge >= 0.3 is 0 Å². The van der Waals surface area contributed by atoms with Gasteiger partial charge in [-0.05, 0) is 39.0 Å². The molecule has 1 amide bonds. The van der Waals surface area contributed by atoms with E-state index in [0.29, 0.717) is 17.3 Å². The van der Waals surface area contributed by atoms with Gasteiger partial charge in [0.15, 0.2) is 0 Å². The number of aromatic nitrogens is 6. The van der Waals surface area contributed by atoms with Crippen LogP contribution in [0, 0.1) is 0 Å². The Labute approximate surface area is 157 Å². The number of hydrogen-bond acceptors (Lipinski definition) is 6. The average Bonchev–Trinajstić information content (AvgIpc) is 3.31. The highest BCUT2D eigenvalue weighted by Crippen LogP contribution is 2.32. The zero-order valence-electron chi connectivity index (χ0n) is 16.0. The summed E-state index contributed by atoms with van der Waals surface area (Å²) in [6, 6.07) is 5.63. The van der Waals surface area contributed by atoms with E-state index in [4.69, 9.17) is 4.74 Å². The molecule has 142 valence electrons. The molecule has 2 aromatic heterocycles. The number of aromatic amines is 1. The summed E-state index contributed by atoms with van der Waals surface area (Å²) >= 11 is 0. The van der Waals surface area contributed by atoms with Crippen molar-refractivity contribution in [2.45, 2.75) is 39.8 Å².